The molecule has 0 amide bonds. The zero-order valence-electron chi connectivity index (χ0n) is 21.2. The van der Waals surface area contributed by atoms with Crippen molar-refractivity contribution in [3.63, 3.8) is 0 Å². The number of nitrogens with two attached hydrogens (primary N) is 1. The molecule has 0 radical (unpaired) electrons. The molecule has 1 atom stereocenters. The second-order valence-corrected chi connectivity index (χ2v) is 9.37. The quantitative estimate of drug-likeness (QED) is 0.105. The maximum absolute atomic E-state index is 12.1. The van der Waals surface area contributed by atoms with Crippen LogP contribution >= 0.6 is 0 Å². The van der Waals surface area contributed by atoms with Crippen molar-refractivity contribution < 1.29 is 9.85 Å². The fourth-order valence-electron chi connectivity index (χ4n) is 4.92. The van der Waals surface area contributed by atoms with Crippen LogP contribution < -0.4 is 11.1 Å². The van der Waals surface area contributed by atoms with Crippen molar-refractivity contribution in [1.82, 2.24) is 9.97 Å². The van der Waals surface area contributed by atoms with Gasteiger partial charge in [0.2, 0.25) is 0 Å². The summed E-state index contributed by atoms with van der Waals surface area (Å²) < 4.78 is 0. The molecule has 0 aliphatic rings. The first-order chi connectivity index (χ1) is 18.5. The molecular weight excluding hydrogens is 484 g/mol. The Balaban J connectivity index is 1.73. The van der Waals surface area contributed by atoms with Gasteiger partial charge in [-0.1, -0.05) is 74.9 Å². The summed E-state index contributed by atoms with van der Waals surface area (Å²) in [4.78, 5) is 31.7. The summed E-state index contributed by atoms with van der Waals surface area (Å²) in [5.41, 5.74) is 7.32. The van der Waals surface area contributed by atoms with Crippen LogP contribution in [0.5, 0.6) is 0 Å². The standard InChI is InChI=1S/C28H32N6O4/c29-17-11-5-3-1-2-4-6-16-24(27-20-12-7-9-14-22(20)30-18-25(27)33(35)36)32-28-21-13-8-10-15-23(21)31-19-26(28)34(37)38/h7-10,12-15,18-19,24H,1-6,11,16-17,29H2,(H,31,32). The third-order valence-electron chi connectivity index (χ3n) is 6.81. The molecule has 2 aromatic carbocycles. The number of unbranched alkanes of at least 4 members (excludes halogenated alkanes) is 6. The van der Waals surface area contributed by atoms with Gasteiger partial charge in [-0.15, -0.1) is 0 Å². The molecule has 0 aliphatic heterocycles. The normalized spacial score (nSPS) is 12.0. The molecular formula is C28H32N6O4. The number of hydrogen-bond donors (Lipinski definition) is 2. The van der Waals surface area contributed by atoms with Gasteiger partial charge in [-0.2, -0.15) is 0 Å². The fourth-order valence-corrected chi connectivity index (χ4v) is 4.92. The van der Waals surface area contributed by atoms with Gasteiger partial charge in [0, 0.05) is 10.8 Å². The number of rotatable bonds is 14. The van der Waals surface area contributed by atoms with Crippen molar-refractivity contribution in [3.05, 3.63) is 86.7 Å². The summed E-state index contributed by atoms with van der Waals surface area (Å²) in [5, 5.41) is 28.7. The first kappa shape index (κ1) is 26.9. The summed E-state index contributed by atoms with van der Waals surface area (Å²) in [6.07, 6.45) is 10.3. The van der Waals surface area contributed by atoms with Gasteiger partial charge in [0.1, 0.15) is 18.1 Å². The minimum Gasteiger partial charge on any atom is -0.372 e. The number of aromatic nitrogens is 2. The lowest BCUT2D eigenvalue weighted by atomic mass is 9.94. The van der Waals surface area contributed by atoms with Crippen LogP contribution in [0.1, 0.15) is 63.0 Å². The van der Waals surface area contributed by atoms with E-state index in [2.05, 4.69) is 15.3 Å². The summed E-state index contributed by atoms with van der Waals surface area (Å²) >= 11 is 0. The molecule has 0 spiro atoms. The third-order valence-corrected chi connectivity index (χ3v) is 6.81. The number of benzene rings is 2. The fraction of sp³-hybridized carbons (Fsp3) is 0.357. The Morgan fingerprint density at radius 3 is 1.89 bits per heavy atom. The lowest BCUT2D eigenvalue weighted by Crippen LogP contribution is -2.15. The van der Waals surface area contributed by atoms with E-state index in [1.54, 1.807) is 18.2 Å². The molecule has 10 nitrogen and oxygen atoms in total. The highest BCUT2D eigenvalue weighted by Gasteiger charge is 2.28. The Morgan fingerprint density at radius 1 is 0.737 bits per heavy atom. The molecule has 38 heavy (non-hydrogen) atoms. The summed E-state index contributed by atoms with van der Waals surface area (Å²) in [7, 11) is 0. The van der Waals surface area contributed by atoms with E-state index in [1.807, 2.05) is 30.3 Å². The SMILES string of the molecule is NCCCCCCCCCC(Nc1c([N+](=O)[O-])cnc2ccccc12)c1c([N+](=O)[O-])cnc2ccccc12. The lowest BCUT2D eigenvalue weighted by molar-refractivity contribution is -0.386. The molecule has 2 aromatic heterocycles. The van der Waals surface area contributed by atoms with Crippen molar-refractivity contribution in [2.24, 2.45) is 5.73 Å². The molecule has 0 aliphatic carbocycles. The van der Waals surface area contributed by atoms with Crippen LogP contribution in [0.3, 0.4) is 0 Å². The third kappa shape index (κ3) is 6.20. The van der Waals surface area contributed by atoms with E-state index in [0.717, 1.165) is 44.9 Å². The zero-order chi connectivity index (χ0) is 26.9. The molecule has 4 aromatic rings. The second kappa shape index (κ2) is 12.9. The predicted octanol–water partition coefficient (Wildman–Crippen LogP) is 6.83. The van der Waals surface area contributed by atoms with E-state index >= 15 is 0 Å². The van der Waals surface area contributed by atoms with Crippen LogP contribution in [0.4, 0.5) is 17.1 Å². The number of pyridine rings is 2. The van der Waals surface area contributed by atoms with Gasteiger partial charge < -0.3 is 11.1 Å². The van der Waals surface area contributed by atoms with E-state index in [-0.39, 0.29) is 11.4 Å². The van der Waals surface area contributed by atoms with E-state index in [4.69, 9.17) is 5.73 Å². The van der Waals surface area contributed by atoms with Crippen molar-refractivity contribution >= 4 is 38.9 Å². The van der Waals surface area contributed by atoms with Crippen LogP contribution in [-0.4, -0.2) is 26.4 Å². The number of fused-ring (bicyclic) bond motifs is 2. The zero-order valence-corrected chi connectivity index (χ0v) is 21.2. The maximum atomic E-state index is 12.1. The van der Waals surface area contributed by atoms with E-state index in [9.17, 15) is 20.2 Å². The molecule has 0 bridgehead atoms. The van der Waals surface area contributed by atoms with Gasteiger partial charge >= 0.3 is 5.69 Å². The van der Waals surface area contributed by atoms with Crippen molar-refractivity contribution in [2.45, 2.75) is 57.4 Å². The monoisotopic (exact) mass is 516 g/mol. The Kier molecular flexibility index (Phi) is 9.10. The average Bonchev–Trinajstić information content (AvgIpc) is 2.93. The number of nitro groups is 2. The molecule has 0 saturated carbocycles. The molecule has 10 heteroatoms. The smallest absolute Gasteiger partial charge is 0.311 e. The van der Waals surface area contributed by atoms with E-state index < -0.39 is 15.9 Å². The number of hydrogen-bond acceptors (Lipinski definition) is 8. The number of para-hydroxylation sites is 2. The van der Waals surface area contributed by atoms with Crippen LogP contribution in [0.2, 0.25) is 0 Å². The minimum atomic E-state index is -0.551. The first-order valence-electron chi connectivity index (χ1n) is 13.0. The van der Waals surface area contributed by atoms with Gasteiger partial charge in [-0.3, -0.25) is 20.2 Å². The maximum Gasteiger partial charge on any atom is 0.311 e. The van der Waals surface area contributed by atoms with Gasteiger partial charge in [0.25, 0.3) is 5.69 Å². The predicted molar refractivity (Wildman–Crippen MR) is 149 cm³/mol. The molecule has 0 fully saturated rings. The number of nitrogens with one attached hydrogen (secondary N) is 1. The number of nitrogens with zero attached hydrogens (tertiary/aromatic N) is 4. The average molecular weight is 517 g/mol. The molecule has 4 rings (SSSR count). The Hall–Kier alpha value is -4.18. The highest BCUT2D eigenvalue weighted by molar-refractivity contribution is 5.96. The van der Waals surface area contributed by atoms with Crippen LogP contribution in [-0.2, 0) is 0 Å². The highest BCUT2D eigenvalue weighted by Crippen LogP contribution is 2.40. The van der Waals surface area contributed by atoms with Gasteiger partial charge in [-0.05, 0) is 31.5 Å². The van der Waals surface area contributed by atoms with Crippen molar-refractivity contribution in [2.75, 3.05) is 11.9 Å². The Morgan fingerprint density at radius 2 is 1.26 bits per heavy atom. The second-order valence-electron chi connectivity index (χ2n) is 9.37. The topological polar surface area (TPSA) is 150 Å². The summed E-state index contributed by atoms with van der Waals surface area (Å²) in [6.45, 7) is 0.710. The van der Waals surface area contributed by atoms with Crippen molar-refractivity contribution in [1.29, 1.82) is 0 Å². The van der Waals surface area contributed by atoms with Crippen molar-refractivity contribution in [3.8, 4) is 0 Å². The molecule has 0 saturated heterocycles. The number of anilines is 1. The van der Waals surface area contributed by atoms with Gasteiger partial charge in [0.05, 0.1) is 32.5 Å². The van der Waals surface area contributed by atoms with Gasteiger partial charge in [0.15, 0.2) is 0 Å². The van der Waals surface area contributed by atoms with E-state index in [0.29, 0.717) is 46.0 Å². The van der Waals surface area contributed by atoms with Crippen LogP contribution in [0.25, 0.3) is 21.8 Å². The lowest BCUT2D eigenvalue weighted by Gasteiger charge is -2.22. The van der Waals surface area contributed by atoms with E-state index in [1.165, 1.54) is 12.4 Å². The molecule has 198 valence electrons. The summed E-state index contributed by atoms with van der Waals surface area (Å²) in [5.74, 6) is 0. The Bertz CT molecular complexity index is 1430. The van der Waals surface area contributed by atoms with Gasteiger partial charge in [-0.25, -0.2) is 9.97 Å². The summed E-state index contributed by atoms with van der Waals surface area (Å²) in [6, 6.07) is 13.9. The van der Waals surface area contributed by atoms with Crippen LogP contribution in [0, 0.1) is 20.2 Å². The molecule has 2 heterocycles. The van der Waals surface area contributed by atoms with Crippen LogP contribution in [0.15, 0.2) is 60.9 Å². The first-order valence-corrected chi connectivity index (χ1v) is 13.0. The minimum absolute atomic E-state index is 0.107. The Labute approximate surface area is 220 Å². The molecule has 3 N–H and O–H groups in total. The molecule has 1 unspecified atom stereocenters. The largest absolute Gasteiger partial charge is 0.372 e. The highest BCUT2D eigenvalue weighted by atomic mass is 16.6.